The second-order valence-electron chi connectivity index (χ2n) is 3.26. The van der Waals surface area contributed by atoms with Gasteiger partial charge in [0.25, 0.3) is 0 Å². The highest BCUT2D eigenvalue weighted by Crippen LogP contribution is 2.10. The van der Waals surface area contributed by atoms with Gasteiger partial charge in [-0.25, -0.2) is 9.37 Å². The number of nitrogens with two attached hydrogens (primary N) is 1. The molecule has 1 rings (SSSR count). The molecule has 0 bridgehead atoms. The second-order valence-corrected chi connectivity index (χ2v) is 3.26. The van der Waals surface area contributed by atoms with E-state index in [0.29, 0.717) is 18.8 Å². The summed E-state index contributed by atoms with van der Waals surface area (Å²) in [6, 6.07) is 2.96. The highest BCUT2D eigenvalue weighted by molar-refractivity contribution is 5.80. The predicted molar refractivity (Wildman–Crippen MR) is 60.1 cm³/mol. The zero-order valence-corrected chi connectivity index (χ0v) is 9.10. The van der Waals surface area contributed by atoms with Gasteiger partial charge in [0.2, 0.25) is 0 Å². The summed E-state index contributed by atoms with van der Waals surface area (Å²) in [5.74, 6) is 0.478. The Hall–Kier alpha value is -1.85. The van der Waals surface area contributed by atoms with E-state index in [1.807, 2.05) is 11.8 Å². The lowest BCUT2D eigenvalue weighted by Gasteiger charge is -2.21. The molecule has 0 aliphatic carbocycles. The van der Waals surface area contributed by atoms with E-state index in [9.17, 15) is 4.39 Å². The van der Waals surface area contributed by atoms with Crippen LogP contribution in [0.25, 0.3) is 0 Å². The van der Waals surface area contributed by atoms with E-state index in [1.165, 1.54) is 12.3 Å². The van der Waals surface area contributed by atoms with Crippen LogP contribution < -0.4 is 10.6 Å². The van der Waals surface area contributed by atoms with E-state index < -0.39 is 0 Å². The first-order valence-electron chi connectivity index (χ1n) is 5.00. The van der Waals surface area contributed by atoms with Gasteiger partial charge in [-0.2, -0.15) is 0 Å². The van der Waals surface area contributed by atoms with Crippen LogP contribution in [0.4, 0.5) is 10.2 Å². The largest absolute Gasteiger partial charge is 0.409 e. The minimum Gasteiger partial charge on any atom is -0.409 e. The van der Waals surface area contributed by atoms with E-state index in [1.54, 1.807) is 6.07 Å². The molecule has 0 aliphatic heterocycles. The lowest BCUT2D eigenvalue weighted by atomic mass is 10.3. The van der Waals surface area contributed by atoms with Gasteiger partial charge in [0, 0.05) is 19.5 Å². The first-order valence-corrected chi connectivity index (χ1v) is 5.00. The van der Waals surface area contributed by atoms with Gasteiger partial charge in [0.15, 0.2) is 0 Å². The van der Waals surface area contributed by atoms with E-state index in [2.05, 4.69) is 10.1 Å². The second kappa shape index (κ2) is 5.89. The molecule has 88 valence electrons. The number of hydrogen-bond acceptors (Lipinski definition) is 4. The van der Waals surface area contributed by atoms with Crippen LogP contribution in [-0.2, 0) is 0 Å². The van der Waals surface area contributed by atoms with E-state index in [-0.39, 0.29) is 11.7 Å². The van der Waals surface area contributed by atoms with Gasteiger partial charge < -0.3 is 15.8 Å². The van der Waals surface area contributed by atoms with Crippen molar-refractivity contribution in [2.24, 2.45) is 10.9 Å². The monoisotopic (exact) mass is 226 g/mol. The summed E-state index contributed by atoms with van der Waals surface area (Å²) in [5.41, 5.74) is 5.37. The summed E-state index contributed by atoms with van der Waals surface area (Å²) in [7, 11) is 0. The van der Waals surface area contributed by atoms with Crippen molar-refractivity contribution in [3.63, 3.8) is 0 Å². The quantitative estimate of drug-likeness (QED) is 0.342. The molecule has 0 atom stereocenters. The maximum atomic E-state index is 12.7. The van der Waals surface area contributed by atoms with Crippen molar-refractivity contribution in [3.05, 3.63) is 24.1 Å². The van der Waals surface area contributed by atoms with Gasteiger partial charge in [-0.15, -0.1) is 0 Å². The van der Waals surface area contributed by atoms with Crippen molar-refractivity contribution in [1.29, 1.82) is 0 Å². The number of rotatable bonds is 5. The van der Waals surface area contributed by atoms with Crippen molar-refractivity contribution >= 4 is 11.7 Å². The van der Waals surface area contributed by atoms with Crippen LogP contribution in [0, 0.1) is 5.82 Å². The molecule has 0 amide bonds. The van der Waals surface area contributed by atoms with E-state index >= 15 is 0 Å². The normalized spacial score (nSPS) is 11.5. The van der Waals surface area contributed by atoms with Crippen molar-refractivity contribution in [3.8, 4) is 0 Å². The van der Waals surface area contributed by atoms with Crippen LogP contribution in [0.15, 0.2) is 23.5 Å². The number of pyridine rings is 1. The predicted octanol–water partition coefficient (Wildman–Crippen LogP) is 1.18. The third-order valence-corrected chi connectivity index (χ3v) is 2.18. The van der Waals surface area contributed by atoms with E-state index in [4.69, 9.17) is 10.9 Å². The Morgan fingerprint density at radius 3 is 2.88 bits per heavy atom. The van der Waals surface area contributed by atoms with Gasteiger partial charge >= 0.3 is 0 Å². The Morgan fingerprint density at radius 1 is 1.62 bits per heavy atom. The smallest absolute Gasteiger partial charge is 0.141 e. The fraction of sp³-hybridized carbons (Fsp3) is 0.400. The molecule has 0 aromatic carbocycles. The highest BCUT2D eigenvalue weighted by Gasteiger charge is 2.06. The molecule has 0 unspecified atom stereocenters. The number of hydrogen-bond donors (Lipinski definition) is 2. The molecule has 0 saturated heterocycles. The third-order valence-electron chi connectivity index (χ3n) is 2.18. The summed E-state index contributed by atoms with van der Waals surface area (Å²) < 4.78 is 12.7. The number of anilines is 1. The first-order chi connectivity index (χ1) is 7.67. The number of amidine groups is 1. The van der Waals surface area contributed by atoms with Crippen LogP contribution in [0.1, 0.15) is 13.3 Å². The fourth-order valence-electron chi connectivity index (χ4n) is 1.29. The summed E-state index contributed by atoms with van der Waals surface area (Å²) in [6.45, 7) is 3.25. The van der Waals surface area contributed by atoms with Crippen molar-refractivity contribution in [2.45, 2.75) is 13.3 Å². The number of halogens is 1. The Labute approximate surface area is 93.4 Å². The maximum absolute atomic E-state index is 12.7. The molecule has 6 heteroatoms. The molecule has 1 aromatic rings. The van der Waals surface area contributed by atoms with Crippen LogP contribution in [0.3, 0.4) is 0 Å². The topological polar surface area (TPSA) is 74.7 Å². The molecule has 0 fully saturated rings. The van der Waals surface area contributed by atoms with Gasteiger partial charge in [0.1, 0.15) is 17.5 Å². The Balaban J connectivity index is 2.64. The Morgan fingerprint density at radius 2 is 2.38 bits per heavy atom. The standard InChI is InChI=1S/C10H15FN4O/c1-2-15(6-5-9(12)14-16)10-4-3-8(11)7-13-10/h3-4,7,16H,2,5-6H2,1H3,(H2,12,14). The molecule has 0 radical (unpaired) electrons. The maximum Gasteiger partial charge on any atom is 0.141 e. The number of nitrogens with zero attached hydrogens (tertiary/aromatic N) is 3. The zero-order valence-electron chi connectivity index (χ0n) is 9.10. The van der Waals surface area contributed by atoms with Crippen molar-refractivity contribution in [2.75, 3.05) is 18.0 Å². The summed E-state index contributed by atoms with van der Waals surface area (Å²) >= 11 is 0. The lowest BCUT2D eigenvalue weighted by Crippen LogP contribution is -2.28. The minimum atomic E-state index is -0.365. The minimum absolute atomic E-state index is 0.167. The lowest BCUT2D eigenvalue weighted by molar-refractivity contribution is 0.317. The average Bonchev–Trinajstić information content (AvgIpc) is 2.31. The van der Waals surface area contributed by atoms with Crippen molar-refractivity contribution in [1.82, 2.24) is 4.98 Å². The number of aromatic nitrogens is 1. The zero-order chi connectivity index (χ0) is 12.0. The summed E-state index contributed by atoms with van der Waals surface area (Å²) in [5, 5.41) is 11.3. The first kappa shape index (κ1) is 12.2. The number of oxime groups is 1. The highest BCUT2D eigenvalue weighted by atomic mass is 19.1. The third kappa shape index (κ3) is 3.38. The van der Waals surface area contributed by atoms with Gasteiger partial charge in [-0.05, 0) is 19.1 Å². The molecule has 16 heavy (non-hydrogen) atoms. The van der Waals surface area contributed by atoms with Crippen molar-refractivity contribution < 1.29 is 9.60 Å². The van der Waals surface area contributed by atoms with Crippen LogP contribution >= 0.6 is 0 Å². The van der Waals surface area contributed by atoms with Crippen LogP contribution in [0.5, 0.6) is 0 Å². The Kier molecular flexibility index (Phi) is 4.50. The molecular formula is C10H15FN4O. The van der Waals surface area contributed by atoms with Gasteiger partial charge in [-0.3, -0.25) is 0 Å². The SMILES string of the molecule is CCN(CCC(N)=NO)c1ccc(F)cn1. The molecule has 0 spiro atoms. The van der Waals surface area contributed by atoms with Gasteiger partial charge in [-0.1, -0.05) is 5.16 Å². The molecule has 0 saturated carbocycles. The van der Waals surface area contributed by atoms with E-state index in [0.717, 1.165) is 6.54 Å². The van der Waals surface area contributed by atoms with Gasteiger partial charge in [0.05, 0.1) is 6.20 Å². The van der Waals surface area contributed by atoms with Crippen LogP contribution in [0.2, 0.25) is 0 Å². The molecule has 1 heterocycles. The molecule has 5 nitrogen and oxygen atoms in total. The molecule has 1 aromatic heterocycles. The Bertz CT molecular complexity index is 352. The summed E-state index contributed by atoms with van der Waals surface area (Å²) in [6.07, 6.45) is 1.60. The summed E-state index contributed by atoms with van der Waals surface area (Å²) in [4.78, 5) is 5.88. The molecule has 3 N–H and O–H groups in total. The average molecular weight is 226 g/mol. The van der Waals surface area contributed by atoms with Crippen LogP contribution in [-0.4, -0.2) is 29.1 Å². The molecular weight excluding hydrogens is 211 g/mol. The fourth-order valence-corrected chi connectivity index (χ4v) is 1.29. The molecule has 0 aliphatic rings.